The SMILES string of the molecule is COc1ccc(CC(C)C(=O)O)c(Br)c1. The zero-order chi connectivity index (χ0) is 11.4. The van der Waals surface area contributed by atoms with Crippen molar-refractivity contribution in [3.63, 3.8) is 0 Å². The highest BCUT2D eigenvalue weighted by molar-refractivity contribution is 9.10. The van der Waals surface area contributed by atoms with Crippen molar-refractivity contribution in [3.05, 3.63) is 28.2 Å². The summed E-state index contributed by atoms with van der Waals surface area (Å²) in [5, 5.41) is 8.79. The fourth-order valence-electron chi connectivity index (χ4n) is 1.24. The first-order valence-electron chi connectivity index (χ1n) is 4.59. The van der Waals surface area contributed by atoms with Crippen LogP contribution in [-0.4, -0.2) is 18.2 Å². The number of carboxylic acids is 1. The molecule has 4 heteroatoms. The second-order valence-electron chi connectivity index (χ2n) is 3.40. The predicted molar refractivity (Wildman–Crippen MR) is 61.2 cm³/mol. The molecule has 1 unspecified atom stereocenters. The molecule has 0 aliphatic carbocycles. The number of methoxy groups -OCH3 is 1. The quantitative estimate of drug-likeness (QED) is 0.917. The van der Waals surface area contributed by atoms with Crippen LogP contribution in [0.4, 0.5) is 0 Å². The van der Waals surface area contributed by atoms with E-state index >= 15 is 0 Å². The summed E-state index contributed by atoms with van der Waals surface area (Å²) in [6.45, 7) is 1.69. The Bertz CT molecular complexity index is 363. The van der Waals surface area contributed by atoms with Gasteiger partial charge in [-0.2, -0.15) is 0 Å². The minimum atomic E-state index is -0.780. The maximum Gasteiger partial charge on any atom is 0.306 e. The lowest BCUT2D eigenvalue weighted by Crippen LogP contribution is -2.12. The van der Waals surface area contributed by atoms with Gasteiger partial charge < -0.3 is 9.84 Å². The minimum Gasteiger partial charge on any atom is -0.497 e. The molecule has 82 valence electrons. The monoisotopic (exact) mass is 272 g/mol. The highest BCUT2D eigenvalue weighted by Crippen LogP contribution is 2.25. The van der Waals surface area contributed by atoms with E-state index in [2.05, 4.69) is 15.9 Å². The molecular formula is C11H13BrO3. The number of hydrogen-bond acceptors (Lipinski definition) is 2. The average Bonchev–Trinajstić information content (AvgIpc) is 2.20. The summed E-state index contributed by atoms with van der Waals surface area (Å²) in [6.07, 6.45) is 0.514. The van der Waals surface area contributed by atoms with Gasteiger partial charge >= 0.3 is 5.97 Å². The molecule has 0 bridgehead atoms. The first-order chi connectivity index (χ1) is 7.04. The summed E-state index contributed by atoms with van der Waals surface area (Å²) in [4.78, 5) is 10.7. The molecule has 3 nitrogen and oxygen atoms in total. The standard InChI is InChI=1S/C11H13BrO3/c1-7(11(13)14)5-8-3-4-9(15-2)6-10(8)12/h3-4,6-7H,5H2,1-2H3,(H,13,14). The first kappa shape index (κ1) is 12.0. The van der Waals surface area contributed by atoms with Gasteiger partial charge in [-0.25, -0.2) is 0 Å². The van der Waals surface area contributed by atoms with Gasteiger partial charge in [0.15, 0.2) is 0 Å². The summed E-state index contributed by atoms with van der Waals surface area (Å²) in [6, 6.07) is 5.54. The van der Waals surface area contributed by atoms with Crippen molar-refractivity contribution in [3.8, 4) is 5.75 Å². The minimum absolute atomic E-state index is 0.380. The highest BCUT2D eigenvalue weighted by atomic mass is 79.9. The Balaban J connectivity index is 2.82. The van der Waals surface area contributed by atoms with Crippen molar-refractivity contribution in [2.45, 2.75) is 13.3 Å². The van der Waals surface area contributed by atoms with E-state index in [0.29, 0.717) is 6.42 Å². The van der Waals surface area contributed by atoms with Crippen LogP contribution >= 0.6 is 15.9 Å². The van der Waals surface area contributed by atoms with Crippen LogP contribution in [0, 0.1) is 5.92 Å². The third-order valence-corrected chi connectivity index (χ3v) is 2.95. The average molecular weight is 273 g/mol. The number of carbonyl (C=O) groups is 1. The third kappa shape index (κ3) is 3.23. The van der Waals surface area contributed by atoms with Gasteiger partial charge in [0.25, 0.3) is 0 Å². The predicted octanol–water partition coefficient (Wildman–Crippen LogP) is 2.72. The molecule has 1 aromatic carbocycles. The molecule has 0 radical (unpaired) electrons. The summed E-state index contributed by atoms with van der Waals surface area (Å²) < 4.78 is 5.94. The first-order valence-corrected chi connectivity index (χ1v) is 5.39. The third-order valence-electron chi connectivity index (χ3n) is 2.21. The summed E-state index contributed by atoms with van der Waals surface area (Å²) in [5.74, 6) is -0.402. The number of hydrogen-bond donors (Lipinski definition) is 1. The Labute approximate surface area is 97.2 Å². The summed E-state index contributed by atoms with van der Waals surface area (Å²) in [5.41, 5.74) is 0.978. The highest BCUT2D eigenvalue weighted by Gasteiger charge is 2.13. The van der Waals surface area contributed by atoms with E-state index in [9.17, 15) is 4.79 Å². The molecular weight excluding hydrogens is 260 g/mol. The van der Waals surface area contributed by atoms with Crippen LogP contribution in [-0.2, 0) is 11.2 Å². The number of benzene rings is 1. The lowest BCUT2D eigenvalue weighted by atomic mass is 10.0. The van der Waals surface area contributed by atoms with E-state index in [1.165, 1.54) is 0 Å². The Morgan fingerprint density at radius 2 is 2.27 bits per heavy atom. The fraction of sp³-hybridized carbons (Fsp3) is 0.364. The lowest BCUT2D eigenvalue weighted by Gasteiger charge is -2.09. The van der Waals surface area contributed by atoms with E-state index in [0.717, 1.165) is 15.8 Å². The van der Waals surface area contributed by atoms with Gasteiger partial charge in [-0.3, -0.25) is 4.79 Å². The van der Waals surface area contributed by atoms with Gasteiger partial charge in [-0.05, 0) is 24.1 Å². The maximum absolute atomic E-state index is 10.7. The van der Waals surface area contributed by atoms with Crippen LogP contribution in [0.1, 0.15) is 12.5 Å². The van der Waals surface area contributed by atoms with Crippen molar-refractivity contribution < 1.29 is 14.6 Å². The normalized spacial score (nSPS) is 12.2. The van der Waals surface area contributed by atoms with E-state index < -0.39 is 5.97 Å². The van der Waals surface area contributed by atoms with Crippen LogP contribution in [0.15, 0.2) is 22.7 Å². The van der Waals surface area contributed by atoms with Crippen LogP contribution in [0.3, 0.4) is 0 Å². The van der Waals surface area contributed by atoms with E-state index in [4.69, 9.17) is 9.84 Å². The molecule has 1 N–H and O–H groups in total. The number of aliphatic carboxylic acids is 1. The van der Waals surface area contributed by atoms with Gasteiger partial charge in [0.2, 0.25) is 0 Å². The van der Waals surface area contributed by atoms with Crippen LogP contribution < -0.4 is 4.74 Å². The van der Waals surface area contributed by atoms with Crippen LogP contribution in [0.2, 0.25) is 0 Å². The fourth-order valence-corrected chi connectivity index (χ4v) is 1.76. The Kier molecular flexibility index (Phi) is 4.15. The Morgan fingerprint density at radius 3 is 2.73 bits per heavy atom. The van der Waals surface area contributed by atoms with Crippen molar-refractivity contribution in [2.24, 2.45) is 5.92 Å². The molecule has 0 saturated carbocycles. The molecule has 15 heavy (non-hydrogen) atoms. The van der Waals surface area contributed by atoms with Crippen LogP contribution in [0.5, 0.6) is 5.75 Å². The molecule has 0 fully saturated rings. The number of halogens is 1. The van der Waals surface area contributed by atoms with E-state index in [1.807, 2.05) is 18.2 Å². The lowest BCUT2D eigenvalue weighted by molar-refractivity contribution is -0.141. The second-order valence-corrected chi connectivity index (χ2v) is 4.26. The van der Waals surface area contributed by atoms with Gasteiger partial charge in [0.1, 0.15) is 5.75 Å². The maximum atomic E-state index is 10.7. The zero-order valence-electron chi connectivity index (χ0n) is 8.66. The number of ether oxygens (including phenoxy) is 1. The van der Waals surface area contributed by atoms with Crippen molar-refractivity contribution in [1.82, 2.24) is 0 Å². The molecule has 0 heterocycles. The topological polar surface area (TPSA) is 46.5 Å². The molecule has 0 spiro atoms. The molecule has 0 amide bonds. The number of carboxylic acid groups (broad SMARTS) is 1. The van der Waals surface area contributed by atoms with E-state index in [-0.39, 0.29) is 5.92 Å². The summed E-state index contributed by atoms with van der Waals surface area (Å²) >= 11 is 3.39. The summed E-state index contributed by atoms with van der Waals surface area (Å²) in [7, 11) is 1.60. The second kappa shape index (κ2) is 5.16. The smallest absolute Gasteiger partial charge is 0.306 e. The number of rotatable bonds is 4. The van der Waals surface area contributed by atoms with Crippen molar-refractivity contribution in [1.29, 1.82) is 0 Å². The molecule has 0 aromatic heterocycles. The molecule has 1 aromatic rings. The van der Waals surface area contributed by atoms with Crippen molar-refractivity contribution >= 4 is 21.9 Å². The Hall–Kier alpha value is -1.03. The van der Waals surface area contributed by atoms with Gasteiger partial charge in [0, 0.05) is 4.47 Å². The molecule has 0 aliphatic rings. The zero-order valence-corrected chi connectivity index (χ0v) is 10.2. The van der Waals surface area contributed by atoms with Crippen LogP contribution in [0.25, 0.3) is 0 Å². The van der Waals surface area contributed by atoms with E-state index in [1.54, 1.807) is 14.0 Å². The molecule has 0 aliphatic heterocycles. The van der Waals surface area contributed by atoms with Crippen molar-refractivity contribution in [2.75, 3.05) is 7.11 Å². The largest absolute Gasteiger partial charge is 0.497 e. The van der Waals surface area contributed by atoms with Gasteiger partial charge in [0.05, 0.1) is 13.0 Å². The molecule has 1 rings (SSSR count). The van der Waals surface area contributed by atoms with Gasteiger partial charge in [-0.15, -0.1) is 0 Å². The molecule has 1 atom stereocenters. The Morgan fingerprint density at radius 1 is 1.60 bits per heavy atom. The van der Waals surface area contributed by atoms with Gasteiger partial charge in [-0.1, -0.05) is 28.9 Å². The molecule has 0 saturated heterocycles.